The van der Waals surface area contributed by atoms with Crippen molar-refractivity contribution in [3.8, 4) is 11.1 Å². The Kier molecular flexibility index (Phi) is 8.46. The number of aryl methyl sites for hydroxylation is 1. The second-order valence-corrected chi connectivity index (χ2v) is 13.9. The Bertz CT molecular complexity index is 1450. The summed E-state index contributed by atoms with van der Waals surface area (Å²) in [6.07, 6.45) is 3.57. The van der Waals surface area contributed by atoms with Gasteiger partial charge in [-0.05, 0) is 67.3 Å². The Morgan fingerprint density at radius 2 is 1.83 bits per heavy atom. The van der Waals surface area contributed by atoms with Crippen LogP contribution in [0, 0.1) is 18.3 Å². The van der Waals surface area contributed by atoms with Crippen LogP contribution in [0.2, 0.25) is 0 Å². The first-order chi connectivity index (χ1) is 19.6. The zero-order valence-corrected chi connectivity index (χ0v) is 26.3. The smallest absolute Gasteiger partial charge is 0.320 e. The molecule has 3 heterocycles. The molecule has 42 heavy (non-hydrogen) atoms. The molecule has 2 unspecified atom stereocenters. The molecule has 4 N–H and O–H groups in total. The van der Waals surface area contributed by atoms with E-state index < -0.39 is 22.4 Å². The number of rotatable bonds is 5. The summed E-state index contributed by atoms with van der Waals surface area (Å²) in [4.78, 5) is 57.8. The molecule has 0 radical (unpaired) electrons. The van der Waals surface area contributed by atoms with Crippen molar-refractivity contribution in [2.45, 2.75) is 58.9 Å². The second kappa shape index (κ2) is 11.4. The van der Waals surface area contributed by atoms with Crippen LogP contribution >= 0.6 is 11.8 Å². The Morgan fingerprint density at radius 1 is 1.12 bits per heavy atom. The van der Waals surface area contributed by atoms with Gasteiger partial charge in [0.25, 0.3) is 5.91 Å². The van der Waals surface area contributed by atoms with Crippen molar-refractivity contribution in [3.05, 3.63) is 58.8 Å². The number of urea groups is 1. The topological polar surface area (TPSA) is 133 Å². The average Bonchev–Trinajstić information content (AvgIpc) is 3.27. The number of hydrogen-bond donors (Lipinski definition) is 4. The fourth-order valence-electron chi connectivity index (χ4n) is 5.12. The van der Waals surface area contributed by atoms with Gasteiger partial charge >= 0.3 is 6.03 Å². The van der Waals surface area contributed by atoms with Gasteiger partial charge in [-0.3, -0.25) is 19.4 Å². The molecule has 0 bridgehead atoms. The Balaban J connectivity index is 1.57. The number of carbonyl (C=O) groups is 4. The van der Waals surface area contributed by atoms with Crippen molar-refractivity contribution in [2.75, 3.05) is 25.5 Å². The van der Waals surface area contributed by atoms with Gasteiger partial charge in [-0.25, -0.2) is 4.79 Å². The van der Waals surface area contributed by atoms with E-state index in [2.05, 4.69) is 47.0 Å². The first-order valence-corrected chi connectivity index (χ1v) is 14.8. The molecule has 11 heteroatoms. The molecule has 0 spiro atoms. The lowest BCUT2D eigenvalue weighted by molar-refractivity contribution is -0.151. The minimum Gasteiger partial charge on any atom is -0.354 e. The first-order valence-electron chi connectivity index (χ1n) is 14.0. The number of thioether (sulfide) groups is 1. The van der Waals surface area contributed by atoms with Gasteiger partial charge in [-0.1, -0.05) is 39.0 Å². The number of piperazine rings is 1. The summed E-state index contributed by atoms with van der Waals surface area (Å²) in [5.41, 5.74) is 2.29. The lowest BCUT2D eigenvalue weighted by atomic mass is 9.89. The van der Waals surface area contributed by atoms with Gasteiger partial charge in [0.1, 0.15) is 16.1 Å². The third kappa shape index (κ3) is 6.16. The lowest BCUT2D eigenvalue weighted by Crippen LogP contribution is -2.66. The summed E-state index contributed by atoms with van der Waals surface area (Å²) >= 11 is 1.47. The molecule has 2 aliphatic rings. The highest BCUT2D eigenvalue weighted by atomic mass is 32.2. The van der Waals surface area contributed by atoms with Crippen molar-refractivity contribution in [2.24, 2.45) is 11.3 Å². The van der Waals surface area contributed by atoms with Crippen LogP contribution < -0.4 is 21.3 Å². The maximum absolute atomic E-state index is 14.0. The summed E-state index contributed by atoms with van der Waals surface area (Å²) in [6.45, 7) is 14.3. The van der Waals surface area contributed by atoms with Crippen LogP contribution in [0.15, 0.2) is 47.5 Å². The molecule has 224 valence electrons. The Morgan fingerprint density at radius 3 is 2.45 bits per heavy atom. The van der Waals surface area contributed by atoms with Gasteiger partial charge in [0.05, 0.1) is 5.92 Å². The largest absolute Gasteiger partial charge is 0.354 e. The first kappa shape index (κ1) is 31.1. The zero-order valence-electron chi connectivity index (χ0n) is 25.5. The standard InChI is InChI=1S/C31H40N6O4S/c1-18-9-11-20(15-21(18)19-10-12-23(34-17-19)25(38)32-8)35-28(41)36-31(7)22(16-24(42-31)29(2,3)4)26(39)37-14-13-33-27(40)30(37,5)6/h9-12,15-17,22H,13-14H2,1-8H3,(H,32,38)(H,33,40)(H2,35,36,41). The van der Waals surface area contributed by atoms with E-state index in [1.807, 2.05) is 44.2 Å². The fraction of sp³-hybridized carbons (Fsp3) is 0.452. The highest BCUT2D eigenvalue weighted by molar-refractivity contribution is 8.04. The molecular weight excluding hydrogens is 552 g/mol. The average molecular weight is 593 g/mol. The molecule has 4 rings (SSSR count). The SMILES string of the molecule is CNC(=O)c1ccc(-c2cc(NC(=O)NC3(C)SC(C(C)(C)C)=CC3C(=O)N3CCNC(=O)C3(C)C)ccc2C)cn1. The Labute approximate surface area is 251 Å². The normalized spacial score (nSPS) is 21.7. The predicted molar refractivity (Wildman–Crippen MR) is 166 cm³/mol. The van der Waals surface area contributed by atoms with Crippen LogP contribution in [0.5, 0.6) is 0 Å². The number of pyridine rings is 1. The third-order valence-electron chi connectivity index (χ3n) is 7.75. The van der Waals surface area contributed by atoms with Crippen molar-refractivity contribution < 1.29 is 19.2 Å². The lowest BCUT2D eigenvalue weighted by Gasteiger charge is -2.44. The van der Waals surface area contributed by atoms with Gasteiger partial charge in [0.2, 0.25) is 11.8 Å². The van der Waals surface area contributed by atoms with Crippen molar-refractivity contribution in [1.82, 2.24) is 25.8 Å². The molecule has 5 amide bonds. The van der Waals surface area contributed by atoms with E-state index >= 15 is 0 Å². The number of carbonyl (C=O) groups excluding carboxylic acids is 4. The highest BCUT2D eigenvalue weighted by Gasteiger charge is 2.51. The van der Waals surface area contributed by atoms with E-state index in [9.17, 15) is 19.2 Å². The molecular formula is C31H40N6O4S. The molecule has 1 aromatic carbocycles. The molecule has 1 saturated heterocycles. The predicted octanol–water partition coefficient (Wildman–Crippen LogP) is 4.28. The zero-order chi connectivity index (χ0) is 31.0. The van der Waals surface area contributed by atoms with Crippen LogP contribution in [-0.4, -0.2) is 64.2 Å². The molecule has 1 aromatic heterocycles. The van der Waals surface area contributed by atoms with Gasteiger partial charge in [-0.2, -0.15) is 0 Å². The van der Waals surface area contributed by atoms with Gasteiger partial charge in [0.15, 0.2) is 0 Å². The van der Waals surface area contributed by atoms with Crippen LogP contribution in [0.4, 0.5) is 10.5 Å². The maximum Gasteiger partial charge on any atom is 0.320 e. The molecule has 1 fully saturated rings. The van der Waals surface area contributed by atoms with Crippen LogP contribution in [0.1, 0.15) is 57.6 Å². The number of hydrogen-bond acceptors (Lipinski definition) is 6. The van der Waals surface area contributed by atoms with Crippen LogP contribution in [-0.2, 0) is 9.59 Å². The van der Waals surface area contributed by atoms with Crippen molar-refractivity contribution in [3.63, 3.8) is 0 Å². The quantitative estimate of drug-likeness (QED) is 0.410. The van der Waals surface area contributed by atoms with E-state index in [0.29, 0.717) is 24.5 Å². The molecule has 10 nitrogen and oxygen atoms in total. The number of aromatic nitrogens is 1. The number of amides is 5. The summed E-state index contributed by atoms with van der Waals surface area (Å²) in [5.74, 6) is -1.34. The number of anilines is 1. The Hall–Kier alpha value is -3.86. The maximum atomic E-state index is 14.0. The third-order valence-corrected chi connectivity index (χ3v) is 9.50. The monoisotopic (exact) mass is 592 g/mol. The van der Waals surface area contributed by atoms with Crippen molar-refractivity contribution in [1.29, 1.82) is 0 Å². The minimum absolute atomic E-state index is 0.199. The number of nitrogens with one attached hydrogen (secondary N) is 4. The second-order valence-electron chi connectivity index (χ2n) is 12.4. The molecule has 2 atom stereocenters. The highest BCUT2D eigenvalue weighted by Crippen LogP contribution is 2.51. The summed E-state index contributed by atoms with van der Waals surface area (Å²) in [5, 5.41) is 11.4. The van der Waals surface area contributed by atoms with E-state index in [-0.39, 0.29) is 23.1 Å². The van der Waals surface area contributed by atoms with Gasteiger partial charge in [-0.15, -0.1) is 11.8 Å². The van der Waals surface area contributed by atoms with E-state index in [4.69, 9.17) is 0 Å². The van der Waals surface area contributed by atoms with Crippen molar-refractivity contribution >= 4 is 41.2 Å². The van der Waals surface area contributed by atoms with E-state index in [0.717, 1.165) is 21.6 Å². The number of allylic oxidation sites excluding steroid dienone is 1. The molecule has 0 aliphatic carbocycles. The van der Waals surface area contributed by atoms with E-state index in [1.54, 1.807) is 38.1 Å². The van der Waals surface area contributed by atoms with Gasteiger partial charge in [0, 0.05) is 37.6 Å². The van der Waals surface area contributed by atoms with Gasteiger partial charge < -0.3 is 26.2 Å². The molecule has 0 saturated carbocycles. The summed E-state index contributed by atoms with van der Waals surface area (Å²) in [7, 11) is 1.55. The fourth-order valence-corrected chi connectivity index (χ4v) is 6.52. The summed E-state index contributed by atoms with van der Waals surface area (Å²) < 4.78 is 0. The molecule has 2 aromatic rings. The summed E-state index contributed by atoms with van der Waals surface area (Å²) in [6, 6.07) is 8.58. The number of benzene rings is 1. The molecule has 2 aliphatic heterocycles. The van der Waals surface area contributed by atoms with Crippen LogP contribution in [0.25, 0.3) is 11.1 Å². The van der Waals surface area contributed by atoms with Crippen LogP contribution in [0.3, 0.4) is 0 Å². The minimum atomic E-state index is -1.01. The van der Waals surface area contributed by atoms with E-state index in [1.165, 1.54) is 11.8 Å². The number of nitrogens with zero attached hydrogens (tertiary/aromatic N) is 2.